The summed E-state index contributed by atoms with van der Waals surface area (Å²) in [6.07, 6.45) is -0.568. The van der Waals surface area contributed by atoms with Crippen LogP contribution < -0.4 is 0 Å². The van der Waals surface area contributed by atoms with Crippen molar-refractivity contribution in [1.82, 2.24) is 0 Å². The number of aliphatic hydroxyl groups excluding tert-OH is 1. The zero-order valence-corrected chi connectivity index (χ0v) is 13.7. The number of alkyl halides is 3. The molecule has 1 N–H and O–H groups in total. The Kier molecular flexibility index (Phi) is 5.31. The standard InChI is InChI=1S/C17H25F3O3/c1-3-4-8-16(2,17(18,19)20)9-7-13(21)11-5-6-14-12(11)10-15(22)23-14/h7,11-12,14,21H,3-6,8-10H2,1-2H3/t11-,12+,14+,16?/m0/s1. The van der Waals surface area contributed by atoms with E-state index in [1.807, 2.05) is 6.92 Å². The minimum Gasteiger partial charge on any atom is -0.512 e. The van der Waals surface area contributed by atoms with Crippen molar-refractivity contribution in [1.29, 1.82) is 0 Å². The molecule has 6 heteroatoms. The van der Waals surface area contributed by atoms with Gasteiger partial charge in [0, 0.05) is 11.8 Å². The second-order valence-electron chi connectivity index (χ2n) is 7.08. The third kappa shape index (κ3) is 3.83. The van der Waals surface area contributed by atoms with Crippen molar-refractivity contribution in [2.45, 2.75) is 71.1 Å². The van der Waals surface area contributed by atoms with E-state index in [9.17, 15) is 23.1 Å². The van der Waals surface area contributed by atoms with Crippen LogP contribution in [0.4, 0.5) is 13.2 Å². The van der Waals surface area contributed by atoms with Crippen molar-refractivity contribution in [2.75, 3.05) is 0 Å². The first-order valence-electron chi connectivity index (χ1n) is 8.33. The van der Waals surface area contributed by atoms with Crippen LogP contribution in [-0.2, 0) is 9.53 Å². The summed E-state index contributed by atoms with van der Waals surface area (Å²) >= 11 is 0. The van der Waals surface area contributed by atoms with Crippen molar-refractivity contribution in [3.63, 3.8) is 0 Å². The molecule has 2 fully saturated rings. The number of fused-ring (bicyclic) bond motifs is 1. The van der Waals surface area contributed by atoms with Gasteiger partial charge in [-0.05, 0) is 31.8 Å². The van der Waals surface area contributed by atoms with Gasteiger partial charge in [-0.15, -0.1) is 0 Å². The molecular formula is C17H25F3O3. The highest BCUT2D eigenvalue weighted by Crippen LogP contribution is 2.47. The fraction of sp³-hybridized carbons (Fsp3) is 0.824. The maximum atomic E-state index is 13.3. The Morgan fingerprint density at radius 2 is 2.09 bits per heavy atom. The van der Waals surface area contributed by atoms with E-state index in [0.29, 0.717) is 25.7 Å². The summed E-state index contributed by atoms with van der Waals surface area (Å²) in [7, 11) is 0. The number of ether oxygens (including phenoxy) is 1. The topological polar surface area (TPSA) is 46.5 Å². The van der Waals surface area contributed by atoms with Crippen molar-refractivity contribution >= 4 is 5.97 Å². The third-order valence-electron chi connectivity index (χ3n) is 5.35. The largest absolute Gasteiger partial charge is 0.512 e. The molecule has 0 bridgehead atoms. The summed E-state index contributed by atoms with van der Waals surface area (Å²) in [6, 6.07) is 0. The zero-order chi connectivity index (χ0) is 17.3. The summed E-state index contributed by atoms with van der Waals surface area (Å²) in [5.41, 5.74) is -1.82. The minimum atomic E-state index is -4.30. The number of halogens is 3. The van der Waals surface area contributed by atoms with Crippen molar-refractivity contribution < 1.29 is 27.8 Å². The summed E-state index contributed by atoms with van der Waals surface area (Å²) in [5, 5.41) is 10.3. The first-order chi connectivity index (χ1) is 10.7. The predicted molar refractivity (Wildman–Crippen MR) is 79.7 cm³/mol. The molecule has 1 saturated carbocycles. The number of esters is 1. The summed E-state index contributed by atoms with van der Waals surface area (Å²) in [6.45, 7) is 3.08. The van der Waals surface area contributed by atoms with Gasteiger partial charge in [0.15, 0.2) is 0 Å². The molecule has 1 heterocycles. The lowest BCUT2D eigenvalue weighted by molar-refractivity contribution is -0.219. The van der Waals surface area contributed by atoms with Crippen LogP contribution >= 0.6 is 0 Å². The predicted octanol–water partition coefficient (Wildman–Crippen LogP) is 4.92. The van der Waals surface area contributed by atoms with Crippen LogP contribution in [-0.4, -0.2) is 23.4 Å². The van der Waals surface area contributed by atoms with Crippen LogP contribution in [0.2, 0.25) is 0 Å². The second kappa shape index (κ2) is 6.73. The monoisotopic (exact) mass is 334 g/mol. The van der Waals surface area contributed by atoms with E-state index >= 15 is 0 Å². The van der Waals surface area contributed by atoms with Gasteiger partial charge in [-0.1, -0.05) is 26.7 Å². The van der Waals surface area contributed by atoms with Gasteiger partial charge >= 0.3 is 12.1 Å². The minimum absolute atomic E-state index is 0.0113. The molecule has 2 rings (SSSR count). The lowest BCUT2D eigenvalue weighted by Gasteiger charge is -2.31. The van der Waals surface area contributed by atoms with Crippen molar-refractivity contribution in [3.05, 3.63) is 11.8 Å². The number of hydrogen-bond donors (Lipinski definition) is 1. The molecule has 1 saturated heterocycles. The molecule has 3 nitrogen and oxygen atoms in total. The Morgan fingerprint density at radius 1 is 1.39 bits per heavy atom. The van der Waals surface area contributed by atoms with Crippen molar-refractivity contribution in [3.8, 4) is 0 Å². The first kappa shape index (κ1) is 18.1. The fourth-order valence-corrected chi connectivity index (χ4v) is 3.64. The number of carbonyl (C=O) groups is 1. The Labute approximate surface area is 134 Å². The first-order valence-corrected chi connectivity index (χ1v) is 8.33. The quantitative estimate of drug-likeness (QED) is 0.554. The molecule has 23 heavy (non-hydrogen) atoms. The van der Waals surface area contributed by atoms with E-state index in [-0.39, 0.29) is 48.9 Å². The number of allylic oxidation sites excluding steroid dienone is 2. The number of aliphatic hydroxyl groups is 1. The lowest BCUT2D eigenvalue weighted by Crippen LogP contribution is -2.35. The highest BCUT2D eigenvalue weighted by Gasteiger charge is 2.50. The van der Waals surface area contributed by atoms with Gasteiger partial charge < -0.3 is 9.84 Å². The summed E-state index contributed by atoms with van der Waals surface area (Å²) in [5.74, 6) is -0.634. The summed E-state index contributed by atoms with van der Waals surface area (Å²) < 4.78 is 45.2. The molecule has 0 aromatic rings. The molecule has 0 radical (unpaired) electrons. The second-order valence-corrected chi connectivity index (χ2v) is 7.08. The van der Waals surface area contributed by atoms with Gasteiger partial charge in [0.25, 0.3) is 0 Å². The van der Waals surface area contributed by atoms with Gasteiger partial charge in [0.2, 0.25) is 0 Å². The maximum absolute atomic E-state index is 13.3. The molecule has 132 valence electrons. The van der Waals surface area contributed by atoms with E-state index in [2.05, 4.69) is 0 Å². The van der Waals surface area contributed by atoms with E-state index in [4.69, 9.17) is 4.74 Å². The van der Waals surface area contributed by atoms with E-state index in [1.165, 1.54) is 13.0 Å². The molecule has 1 unspecified atom stereocenters. The molecule has 0 spiro atoms. The number of unbranched alkanes of at least 4 members (excludes halogenated alkanes) is 1. The molecular weight excluding hydrogens is 309 g/mol. The number of rotatable bonds is 6. The molecule has 2 aliphatic rings. The molecule has 0 aromatic heterocycles. The molecule has 1 aliphatic heterocycles. The van der Waals surface area contributed by atoms with E-state index in [0.717, 1.165) is 0 Å². The van der Waals surface area contributed by atoms with E-state index in [1.54, 1.807) is 0 Å². The van der Waals surface area contributed by atoms with Gasteiger partial charge in [-0.2, -0.15) is 13.2 Å². The lowest BCUT2D eigenvalue weighted by atomic mass is 9.80. The van der Waals surface area contributed by atoms with Gasteiger partial charge in [-0.3, -0.25) is 4.79 Å². The highest BCUT2D eigenvalue weighted by molar-refractivity contribution is 5.72. The van der Waals surface area contributed by atoms with Gasteiger partial charge in [0.1, 0.15) is 6.10 Å². The molecule has 1 aliphatic carbocycles. The van der Waals surface area contributed by atoms with E-state index < -0.39 is 11.6 Å². The number of carbonyl (C=O) groups excluding carboxylic acids is 1. The Morgan fingerprint density at radius 3 is 2.70 bits per heavy atom. The number of hydrogen-bond acceptors (Lipinski definition) is 3. The van der Waals surface area contributed by atoms with Gasteiger partial charge in [-0.25, -0.2) is 0 Å². The Hall–Kier alpha value is -1.20. The van der Waals surface area contributed by atoms with Crippen LogP contribution in [0.1, 0.15) is 58.8 Å². The van der Waals surface area contributed by atoms with Crippen LogP contribution in [0.5, 0.6) is 0 Å². The van der Waals surface area contributed by atoms with Crippen LogP contribution in [0.3, 0.4) is 0 Å². The smallest absolute Gasteiger partial charge is 0.394 e. The molecule has 4 atom stereocenters. The highest BCUT2D eigenvalue weighted by atomic mass is 19.4. The molecule has 0 aromatic carbocycles. The fourth-order valence-electron chi connectivity index (χ4n) is 3.64. The third-order valence-corrected chi connectivity index (χ3v) is 5.35. The van der Waals surface area contributed by atoms with Gasteiger partial charge in [0.05, 0.1) is 17.6 Å². The average molecular weight is 334 g/mol. The summed E-state index contributed by atoms with van der Waals surface area (Å²) in [4.78, 5) is 11.3. The Bertz CT molecular complexity index is 472. The molecule has 0 amide bonds. The van der Waals surface area contributed by atoms with Crippen LogP contribution in [0.15, 0.2) is 11.8 Å². The normalized spacial score (nSPS) is 30.9. The van der Waals surface area contributed by atoms with Crippen LogP contribution in [0, 0.1) is 17.3 Å². The zero-order valence-electron chi connectivity index (χ0n) is 13.7. The Balaban J connectivity index is 2.06. The van der Waals surface area contributed by atoms with Crippen LogP contribution in [0.25, 0.3) is 0 Å². The SMILES string of the molecule is CCCCC(C)(CC=C(O)[C@H]1CC[C@H]2OC(=O)C[C@H]12)C(F)(F)F. The van der Waals surface area contributed by atoms with Crippen molar-refractivity contribution in [2.24, 2.45) is 17.3 Å². The maximum Gasteiger partial charge on any atom is 0.394 e. The average Bonchev–Trinajstić information content (AvgIpc) is 3.00.